The first-order valence-electron chi connectivity index (χ1n) is 4.15. The van der Waals surface area contributed by atoms with Crippen LogP contribution in [0.2, 0.25) is 5.02 Å². The van der Waals surface area contributed by atoms with Crippen LogP contribution in [-0.2, 0) is 4.79 Å². The van der Waals surface area contributed by atoms with Crippen molar-refractivity contribution in [2.24, 2.45) is 0 Å². The van der Waals surface area contributed by atoms with E-state index in [1.807, 2.05) is 6.92 Å². The van der Waals surface area contributed by atoms with Crippen molar-refractivity contribution in [2.45, 2.75) is 12.8 Å². The predicted octanol–water partition coefficient (Wildman–Crippen LogP) is 1.81. The van der Waals surface area contributed by atoms with E-state index in [-0.39, 0.29) is 0 Å². The minimum absolute atomic E-state index is 0.422. The molecule has 0 saturated heterocycles. The summed E-state index contributed by atoms with van der Waals surface area (Å²) in [6, 6.07) is 5.01. The summed E-state index contributed by atoms with van der Waals surface area (Å²) in [5, 5.41) is 18.2. The maximum absolute atomic E-state index is 10.8. The number of hydrogen-bond donors (Lipinski definition) is 2. The second-order valence-corrected chi connectivity index (χ2v) is 3.57. The van der Waals surface area contributed by atoms with Crippen LogP contribution in [0.5, 0.6) is 0 Å². The highest BCUT2D eigenvalue weighted by molar-refractivity contribution is 6.30. The highest BCUT2D eigenvalue weighted by Crippen LogP contribution is 2.21. The highest BCUT2D eigenvalue weighted by atomic mass is 35.5. The topological polar surface area (TPSA) is 57.5 Å². The Morgan fingerprint density at radius 2 is 2.14 bits per heavy atom. The van der Waals surface area contributed by atoms with Crippen LogP contribution in [-0.4, -0.2) is 22.8 Å². The van der Waals surface area contributed by atoms with E-state index in [1.54, 1.807) is 18.2 Å². The average Bonchev–Trinajstić information content (AvgIpc) is 2.02. The van der Waals surface area contributed by atoms with Crippen molar-refractivity contribution in [1.29, 1.82) is 0 Å². The summed E-state index contributed by atoms with van der Waals surface area (Å²) in [4.78, 5) is 10.8. The van der Waals surface area contributed by atoms with Gasteiger partial charge in [-0.15, -0.1) is 0 Å². The van der Waals surface area contributed by atoms with E-state index >= 15 is 0 Å². The predicted molar refractivity (Wildman–Crippen MR) is 53.7 cm³/mol. The number of benzene rings is 1. The quantitative estimate of drug-likeness (QED) is 0.807. The maximum Gasteiger partial charge on any atom is 0.313 e. The molecule has 0 bridgehead atoms. The van der Waals surface area contributed by atoms with Crippen LogP contribution in [0.25, 0.3) is 0 Å². The minimum Gasteiger partial charge on any atom is -0.481 e. The van der Waals surface area contributed by atoms with Crippen LogP contribution >= 0.6 is 11.6 Å². The van der Waals surface area contributed by atoms with Crippen molar-refractivity contribution in [3.05, 3.63) is 34.3 Å². The van der Waals surface area contributed by atoms with Gasteiger partial charge in [0.2, 0.25) is 0 Å². The van der Waals surface area contributed by atoms with Gasteiger partial charge in [-0.05, 0) is 30.2 Å². The number of aliphatic hydroxyl groups is 1. The van der Waals surface area contributed by atoms with Crippen LogP contribution in [0, 0.1) is 6.92 Å². The third kappa shape index (κ3) is 2.47. The van der Waals surface area contributed by atoms with Crippen LogP contribution < -0.4 is 0 Å². The zero-order chi connectivity index (χ0) is 10.7. The minimum atomic E-state index is -1.05. The fraction of sp³-hybridized carbons (Fsp3) is 0.300. The molecule has 0 amide bonds. The Balaban J connectivity index is 3.10. The molecule has 0 saturated carbocycles. The summed E-state index contributed by atoms with van der Waals surface area (Å²) >= 11 is 5.78. The Kier molecular flexibility index (Phi) is 3.49. The zero-order valence-corrected chi connectivity index (χ0v) is 8.45. The first-order valence-corrected chi connectivity index (χ1v) is 4.53. The standard InChI is InChI=1S/C10H11ClO3/c1-6-2-7(4-8(11)3-6)9(5-12)10(13)14/h2-4,9,12H,5H2,1H3,(H,13,14)/t9-/m1/s1. The van der Waals surface area contributed by atoms with E-state index in [0.29, 0.717) is 10.6 Å². The molecule has 76 valence electrons. The molecule has 0 aliphatic heterocycles. The number of carbonyl (C=O) groups is 1. The van der Waals surface area contributed by atoms with Crippen LogP contribution in [0.4, 0.5) is 0 Å². The Morgan fingerprint density at radius 1 is 1.50 bits per heavy atom. The van der Waals surface area contributed by atoms with Gasteiger partial charge >= 0.3 is 5.97 Å². The fourth-order valence-corrected chi connectivity index (χ4v) is 1.59. The molecule has 0 unspecified atom stereocenters. The average molecular weight is 215 g/mol. The van der Waals surface area contributed by atoms with Gasteiger partial charge in [0, 0.05) is 5.02 Å². The van der Waals surface area contributed by atoms with Crippen molar-refractivity contribution in [3.63, 3.8) is 0 Å². The molecule has 1 aromatic rings. The number of aliphatic carboxylic acids is 1. The summed E-state index contributed by atoms with van der Waals surface area (Å²) in [6.07, 6.45) is 0. The van der Waals surface area contributed by atoms with Crippen molar-refractivity contribution in [1.82, 2.24) is 0 Å². The molecule has 1 rings (SSSR count). The second kappa shape index (κ2) is 4.44. The summed E-state index contributed by atoms with van der Waals surface area (Å²) < 4.78 is 0. The lowest BCUT2D eigenvalue weighted by atomic mass is 9.98. The van der Waals surface area contributed by atoms with Gasteiger partial charge in [0.25, 0.3) is 0 Å². The largest absolute Gasteiger partial charge is 0.481 e. The van der Waals surface area contributed by atoms with Crippen molar-refractivity contribution < 1.29 is 15.0 Å². The number of carboxylic acids is 1. The molecule has 4 heteroatoms. The Hall–Kier alpha value is -1.06. The molecule has 1 atom stereocenters. The van der Waals surface area contributed by atoms with Crippen LogP contribution in [0.3, 0.4) is 0 Å². The normalized spacial score (nSPS) is 12.5. The molecule has 0 heterocycles. The number of rotatable bonds is 3. The molecular formula is C10H11ClO3. The third-order valence-corrected chi connectivity index (χ3v) is 2.17. The first-order chi connectivity index (χ1) is 6.54. The summed E-state index contributed by atoms with van der Waals surface area (Å²) in [7, 11) is 0. The third-order valence-electron chi connectivity index (χ3n) is 1.95. The van der Waals surface area contributed by atoms with Gasteiger partial charge in [-0.25, -0.2) is 0 Å². The summed E-state index contributed by atoms with van der Waals surface area (Å²) in [5.41, 5.74) is 1.41. The molecule has 0 aliphatic carbocycles. The van der Waals surface area contributed by atoms with Gasteiger partial charge in [0.15, 0.2) is 0 Å². The zero-order valence-electron chi connectivity index (χ0n) is 7.70. The van der Waals surface area contributed by atoms with E-state index in [2.05, 4.69) is 0 Å². The Morgan fingerprint density at radius 3 is 2.57 bits per heavy atom. The van der Waals surface area contributed by atoms with Crippen molar-refractivity contribution in [2.75, 3.05) is 6.61 Å². The number of aliphatic hydroxyl groups excluding tert-OH is 1. The Bertz CT molecular complexity index is 329. The summed E-state index contributed by atoms with van der Waals surface area (Å²) in [6.45, 7) is 1.40. The van der Waals surface area contributed by atoms with E-state index in [4.69, 9.17) is 21.8 Å². The maximum atomic E-state index is 10.8. The van der Waals surface area contributed by atoms with E-state index < -0.39 is 18.5 Å². The fourth-order valence-electron chi connectivity index (χ4n) is 1.29. The molecule has 0 aromatic heterocycles. The highest BCUT2D eigenvalue weighted by Gasteiger charge is 2.19. The molecule has 0 radical (unpaired) electrons. The van der Waals surface area contributed by atoms with Gasteiger partial charge in [-0.3, -0.25) is 4.79 Å². The van der Waals surface area contributed by atoms with Crippen LogP contribution in [0.15, 0.2) is 18.2 Å². The van der Waals surface area contributed by atoms with E-state index in [9.17, 15) is 4.79 Å². The Labute approximate surface area is 86.9 Å². The van der Waals surface area contributed by atoms with E-state index in [1.165, 1.54) is 0 Å². The van der Waals surface area contributed by atoms with Gasteiger partial charge in [-0.1, -0.05) is 17.7 Å². The second-order valence-electron chi connectivity index (χ2n) is 3.14. The first kappa shape index (κ1) is 11.0. The van der Waals surface area contributed by atoms with Crippen molar-refractivity contribution in [3.8, 4) is 0 Å². The SMILES string of the molecule is Cc1cc(Cl)cc([C@@H](CO)C(=O)O)c1. The number of aryl methyl sites for hydroxylation is 1. The molecule has 14 heavy (non-hydrogen) atoms. The molecule has 0 aliphatic rings. The lowest BCUT2D eigenvalue weighted by Gasteiger charge is -2.10. The molecule has 1 aromatic carbocycles. The van der Waals surface area contributed by atoms with E-state index in [0.717, 1.165) is 5.56 Å². The number of hydrogen-bond acceptors (Lipinski definition) is 2. The lowest BCUT2D eigenvalue weighted by molar-refractivity contribution is -0.139. The smallest absolute Gasteiger partial charge is 0.313 e. The molecular weight excluding hydrogens is 204 g/mol. The number of carboxylic acid groups (broad SMARTS) is 1. The summed E-state index contributed by atoms with van der Waals surface area (Å²) in [5.74, 6) is -1.94. The van der Waals surface area contributed by atoms with Crippen molar-refractivity contribution >= 4 is 17.6 Å². The molecule has 0 fully saturated rings. The van der Waals surface area contributed by atoms with Gasteiger partial charge < -0.3 is 10.2 Å². The lowest BCUT2D eigenvalue weighted by Crippen LogP contribution is -2.15. The molecule has 2 N–H and O–H groups in total. The van der Waals surface area contributed by atoms with Crippen LogP contribution in [0.1, 0.15) is 17.0 Å². The molecule has 0 spiro atoms. The molecule has 3 nitrogen and oxygen atoms in total. The van der Waals surface area contributed by atoms with Gasteiger partial charge in [0.05, 0.1) is 6.61 Å². The van der Waals surface area contributed by atoms with Gasteiger partial charge in [-0.2, -0.15) is 0 Å². The monoisotopic (exact) mass is 214 g/mol. The van der Waals surface area contributed by atoms with Gasteiger partial charge in [0.1, 0.15) is 5.92 Å². The number of halogens is 1.